The first kappa shape index (κ1) is 20.2. The molecule has 1 aromatic carbocycles. The molecule has 2 rings (SSSR count). The van der Waals surface area contributed by atoms with Gasteiger partial charge >= 0.3 is 0 Å². The van der Waals surface area contributed by atoms with E-state index in [4.69, 9.17) is 19.6 Å². The Morgan fingerprint density at radius 1 is 1.28 bits per heavy atom. The van der Waals surface area contributed by atoms with Crippen molar-refractivity contribution in [3.63, 3.8) is 0 Å². The van der Waals surface area contributed by atoms with Crippen LogP contribution < -0.4 is 15.8 Å². The van der Waals surface area contributed by atoms with Gasteiger partial charge in [0.1, 0.15) is 12.2 Å². The molecule has 0 spiro atoms. The molecule has 0 radical (unpaired) electrons. The normalized spacial score (nSPS) is 21.6. The topological polar surface area (TPSA) is 65.7 Å². The van der Waals surface area contributed by atoms with E-state index in [1.54, 1.807) is 13.1 Å². The Hall–Kier alpha value is -1.15. The molecule has 0 bridgehead atoms. The second-order valence-electron chi connectivity index (χ2n) is 8.13. The molecular weight excluding hydrogens is 339 g/mol. The number of hydrogen-bond acceptors (Lipinski definition) is 5. The number of rotatable bonds is 6. The Balaban J connectivity index is 2.19. The maximum absolute atomic E-state index is 14.4. The maximum Gasteiger partial charge on any atom is 0.192 e. The highest BCUT2D eigenvalue weighted by atomic mass is 28.4. The summed E-state index contributed by atoms with van der Waals surface area (Å²) >= 11 is 0. The van der Waals surface area contributed by atoms with Gasteiger partial charge < -0.3 is 25.0 Å². The zero-order chi connectivity index (χ0) is 18.8. The quantitative estimate of drug-likeness (QED) is 0.594. The minimum absolute atomic E-state index is 0.0872. The van der Waals surface area contributed by atoms with Crippen molar-refractivity contribution in [1.82, 2.24) is 5.32 Å². The number of benzene rings is 1. The van der Waals surface area contributed by atoms with Gasteiger partial charge in [0.2, 0.25) is 0 Å². The second-order valence-corrected chi connectivity index (χ2v) is 12.9. The average Bonchev–Trinajstić information content (AvgIpc) is 2.88. The molecule has 1 aliphatic rings. The van der Waals surface area contributed by atoms with Gasteiger partial charge in [-0.25, -0.2) is 4.39 Å². The molecule has 5 nitrogen and oxygen atoms in total. The average molecular weight is 371 g/mol. The Labute approximate surface area is 151 Å². The number of hydrogen-bond donors (Lipinski definition) is 2. The molecule has 0 saturated carbocycles. The fraction of sp³-hybridized carbons (Fsp3) is 0.667. The van der Waals surface area contributed by atoms with Gasteiger partial charge in [0, 0.05) is 23.9 Å². The summed E-state index contributed by atoms with van der Waals surface area (Å²) in [4.78, 5) is 0. The van der Waals surface area contributed by atoms with Gasteiger partial charge in [-0.15, -0.1) is 0 Å². The Morgan fingerprint density at radius 2 is 1.92 bits per heavy atom. The Morgan fingerprint density at radius 3 is 2.52 bits per heavy atom. The van der Waals surface area contributed by atoms with Gasteiger partial charge in [-0.05, 0) is 31.2 Å². The molecule has 142 valence electrons. The molecule has 7 heteroatoms. The fourth-order valence-electron chi connectivity index (χ4n) is 2.57. The minimum atomic E-state index is -1.97. The van der Waals surface area contributed by atoms with Crippen LogP contribution in [0.3, 0.4) is 0 Å². The highest BCUT2D eigenvalue weighted by molar-refractivity contribution is 6.74. The summed E-state index contributed by atoms with van der Waals surface area (Å²) in [6, 6.07) is 3.02. The van der Waals surface area contributed by atoms with Crippen LogP contribution in [0.5, 0.6) is 5.75 Å². The predicted octanol–water partition coefficient (Wildman–Crippen LogP) is 3.30. The third kappa shape index (κ3) is 4.72. The van der Waals surface area contributed by atoms with Crippen molar-refractivity contribution in [1.29, 1.82) is 0 Å². The highest BCUT2D eigenvalue weighted by Crippen LogP contribution is 2.39. The van der Waals surface area contributed by atoms with Gasteiger partial charge in [0.15, 0.2) is 19.9 Å². The van der Waals surface area contributed by atoms with Crippen molar-refractivity contribution < 1.29 is 18.3 Å². The molecule has 3 N–H and O–H groups in total. The molecule has 1 saturated heterocycles. The van der Waals surface area contributed by atoms with Crippen molar-refractivity contribution in [3.8, 4) is 5.75 Å². The molecule has 1 aromatic rings. The van der Waals surface area contributed by atoms with Crippen LogP contribution >= 0.6 is 0 Å². The molecule has 1 fully saturated rings. The van der Waals surface area contributed by atoms with Gasteiger partial charge in [0.05, 0.1) is 13.2 Å². The van der Waals surface area contributed by atoms with Crippen LogP contribution in [0.15, 0.2) is 12.1 Å². The van der Waals surface area contributed by atoms with E-state index in [2.05, 4.69) is 39.2 Å². The molecule has 0 amide bonds. The van der Waals surface area contributed by atoms with Gasteiger partial charge in [-0.2, -0.15) is 0 Å². The molecule has 0 unspecified atom stereocenters. The van der Waals surface area contributed by atoms with Crippen molar-refractivity contribution >= 4 is 14.0 Å². The zero-order valence-electron chi connectivity index (χ0n) is 16.1. The lowest BCUT2D eigenvalue weighted by Gasteiger charge is -2.39. The van der Waals surface area contributed by atoms with Crippen LogP contribution in [0.4, 0.5) is 10.1 Å². The first-order valence-electron chi connectivity index (χ1n) is 8.70. The van der Waals surface area contributed by atoms with Crippen molar-refractivity contribution in [2.24, 2.45) is 0 Å². The minimum Gasteiger partial charge on any atom is -0.482 e. The molecule has 1 aliphatic heterocycles. The van der Waals surface area contributed by atoms with Crippen LogP contribution in [-0.4, -0.2) is 40.8 Å². The Kier molecular flexibility index (Phi) is 6.14. The third-order valence-electron chi connectivity index (χ3n) is 5.01. The lowest BCUT2D eigenvalue weighted by molar-refractivity contribution is 0.0772. The van der Waals surface area contributed by atoms with E-state index >= 15 is 0 Å². The summed E-state index contributed by atoms with van der Waals surface area (Å²) in [6.07, 6.45) is -0.525. The summed E-state index contributed by atoms with van der Waals surface area (Å²) in [7, 11) is -0.168. The number of nitrogens with two attached hydrogens (primary N) is 1. The van der Waals surface area contributed by atoms with Gasteiger partial charge in [-0.1, -0.05) is 20.8 Å². The number of halogens is 1. The van der Waals surface area contributed by atoms with Crippen molar-refractivity contribution in [2.45, 2.75) is 57.7 Å². The van der Waals surface area contributed by atoms with Crippen molar-refractivity contribution in [3.05, 3.63) is 23.5 Å². The lowest BCUT2D eigenvalue weighted by atomic mass is 10.1. The number of ether oxygens (including phenoxy) is 2. The largest absolute Gasteiger partial charge is 0.482 e. The SMILES string of the molecule is CNCc1cc(N)cc(F)c1O[C@@H]1COC[C@@H]1O[Si](C)(C)C(C)(C)C. The van der Waals surface area contributed by atoms with E-state index in [0.717, 1.165) is 0 Å². The summed E-state index contributed by atoms with van der Waals surface area (Å²) in [6.45, 7) is 12.3. The number of anilines is 1. The van der Waals surface area contributed by atoms with E-state index in [1.807, 2.05) is 0 Å². The van der Waals surface area contributed by atoms with Crippen LogP contribution in [0.1, 0.15) is 26.3 Å². The summed E-state index contributed by atoms with van der Waals surface area (Å²) < 4.78 is 32.5. The van der Waals surface area contributed by atoms with Crippen LogP contribution in [-0.2, 0) is 15.7 Å². The monoisotopic (exact) mass is 370 g/mol. The van der Waals surface area contributed by atoms with E-state index in [-0.39, 0.29) is 23.0 Å². The molecule has 2 atom stereocenters. The maximum atomic E-state index is 14.4. The smallest absolute Gasteiger partial charge is 0.192 e. The second kappa shape index (κ2) is 7.61. The predicted molar refractivity (Wildman–Crippen MR) is 101 cm³/mol. The van der Waals surface area contributed by atoms with E-state index < -0.39 is 14.1 Å². The van der Waals surface area contributed by atoms with Gasteiger partial charge in [-0.3, -0.25) is 0 Å². The molecule has 1 heterocycles. The first-order valence-corrected chi connectivity index (χ1v) is 11.6. The van der Waals surface area contributed by atoms with Gasteiger partial charge in [0.25, 0.3) is 0 Å². The summed E-state index contributed by atoms with van der Waals surface area (Å²) in [5.74, 6) is -0.230. The number of nitrogens with one attached hydrogen (secondary N) is 1. The summed E-state index contributed by atoms with van der Waals surface area (Å²) in [5.41, 5.74) is 6.83. The lowest BCUT2D eigenvalue weighted by Crippen LogP contribution is -2.48. The third-order valence-corrected chi connectivity index (χ3v) is 9.51. The Bertz CT molecular complexity index is 605. The fourth-order valence-corrected chi connectivity index (χ4v) is 3.90. The molecule has 0 aromatic heterocycles. The molecule has 25 heavy (non-hydrogen) atoms. The summed E-state index contributed by atoms with van der Waals surface area (Å²) in [5, 5.41) is 3.10. The zero-order valence-corrected chi connectivity index (χ0v) is 17.1. The van der Waals surface area contributed by atoms with E-state index in [0.29, 0.717) is 31.0 Å². The molecule has 0 aliphatic carbocycles. The van der Waals surface area contributed by atoms with Crippen LogP contribution in [0.2, 0.25) is 18.1 Å². The van der Waals surface area contributed by atoms with Crippen LogP contribution in [0, 0.1) is 5.82 Å². The van der Waals surface area contributed by atoms with Crippen molar-refractivity contribution in [2.75, 3.05) is 26.0 Å². The highest BCUT2D eigenvalue weighted by Gasteiger charge is 2.43. The van der Waals surface area contributed by atoms with E-state index in [9.17, 15) is 4.39 Å². The first-order chi connectivity index (χ1) is 11.5. The standard InChI is InChI=1S/C18H31FN2O3Si/c1-18(2,3)25(5,6)24-16-11-22-10-15(16)23-17-12(9-21-4)7-13(20)8-14(17)19/h7-8,15-16,21H,9-11,20H2,1-6H3/t15-,16+/m1/s1. The van der Waals surface area contributed by atoms with Crippen LogP contribution in [0.25, 0.3) is 0 Å². The van der Waals surface area contributed by atoms with E-state index in [1.165, 1.54) is 6.07 Å². The molecular formula is C18H31FN2O3Si. The number of nitrogen functional groups attached to an aromatic ring is 1.